The molecule has 2 aliphatic rings. The zero-order valence-corrected chi connectivity index (χ0v) is 10.2. The summed E-state index contributed by atoms with van der Waals surface area (Å²) in [7, 11) is 0. The summed E-state index contributed by atoms with van der Waals surface area (Å²) in [6, 6.07) is 0. The molecule has 3 rings (SSSR count). The molecule has 0 spiro atoms. The number of aromatic amines is 1. The zero-order valence-electron chi connectivity index (χ0n) is 9.38. The van der Waals surface area contributed by atoms with Crippen molar-refractivity contribution >= 4 is 18.0 Å². The molecule has 0 saturated heterocycles. The van der Waals surface area contributed by atoms with Crippen molar-refractivity contribution in [2.45, 2.75) is 44.4 Å². The Bertz CT molecular complexity index is 448. The molecule has 1 aliphatic carbocycles. The van der Waals surface area contributed by atoms with E-state index in [2.05, 4.69) is 15.3 Å². The maximum atomic E-state index is 5.21. The number of hydrogen-bond acceptors (Lipinski definition) is 3. The van der Waals surface area contributed by atoms with Gasteiger partial charge in [-0.05, 0) is 50.2 Å². The highest BCUT2D eigenvalue weighted by Gasteiger charge is 2.25. The number of hydrogen-bond donors (Lipinski definition) is 2. The molecule has 86 valence electrons. The van der Waals surface area contributed by atoms with Crippen LogP contribution in [0.5, 0.6) is 0 Å². The Morgan fingerprint density at radius 3 is 2.81 bits per heavy atom. The molecule has 1 saturated carbocycles. The second-order valence-electron chi connectivity index (χ2n) is 4.79. The van der Waals surface area contributed by atoms with E-state index >= 15 is 0 Å². The lowest BCUT2D eigenvalue weighted by Gasteiger charge is -2.28. The summed E-state index contributed by atoms with van der Waals surface area (Å²) in [5, 5.41) is 3.41. The molecule has 16 heavy (non-hydrogen) atoms. The molecule has 0 unspecified atom stereocenters. The van der Waals surface area contributed by atoms with E-state index in [1.807, 2.05) is 0 Å². The number of H-pyrrole nitrogens is 1. The maximum absolute atomic E-state index is 5.21. The third kappa shape index (κ3) is 1.75. The van der Waals surface area contributed by atoms with Crippen LogP contribution in [0.15, 0.2) is 0 Å². The Morgan fingerprint density at radius 1 is 1.19 bits per heavy atom. The van der Waals surface area contributed by atoms with Crippen LogP contribution in [-0.4, -0.2) is 16.5 Å². The molecule has 3 nitrogen and oxygen atoms in total. The van der Waals surface area contributed by atoms with Crippen molar-refractivity contribution in [1.29, 1.82) is 0 Å². The molecular formula is C12H17N3S. The molecule has 4 heteroatoms. The van der Waals surface area contributed by atoms with Crippen LogP contribution in [-0.2, 0) is 6.42 Å². The van der Waals surface area contributed by atoms with E-state index in [-0.39, 0.29) is 0 Å². The summed E-state index contributed by atoms with van der Waals surface area (Å²) in [6.07, 6.45) is 7.60. The molecule has 0 radical (unpaired) electrons. The maximum Gasteiger partial charge on any atom is 0.198 e. The van der Waals surface area contributed by atoms with Crippen LogP contribution in [0.3, 0.4) is 0 Å². The smallest absolute Gasteiger partial charge is 0.198 e. The normalized spacial score (nSPS) is 20.5. The number of nitrogens with one attached hydrogen (secondary N) is 2. The van der Waals surface area contributed by atoms with Crippen LogP contribution in [0.2, 0.25) is 0 Å². The van der Waals surface area contributed by atoms with Crippen LogP contribution < -0.4 is 5.32 Å². The SMILES string of the molecule is S=c1nc2c(c(C3CCC3)[nH]1)CCCCN2. The van der Waals surface area contributed by atoms with E-state index in [0.29, 0.717) is 10.7 Å². The molecule has 2 N–H and O–H groups in total. The standard InChI is InChI=1S/C12H17N3S/c16-12-14-10(8-4-3-5-8)9-6-1-2-7-13-11(9)15-12/h8H,1-7H2,(H2,13,14,15,16). The first kappa shape index (κ1) is 10.3. The van der Waals surface area contributed by atoms with Crippen LogP contribution in [0.1, 0.15) is 49.3 Å². The monoisotopic (exact) mass is 235 g/mol. The number of fused-ring (bicyclic) bond motifs is 1. The predicted octanol–water partition coefficient (Wildman–Crippen LogP) is 3.15. The van der Waals surface area contributed by atoms with E-state index < -0.39 is 0 Å². The Labute approximate surface area is 101 Å². The molecule has 1 aromatic heterocycles. The van der Waals surface area contributed by atoms with Crippen molar-refractivity contribution in [2.75, 3.05) is 11.9 Å². The van der Waals surface area contributed by atoms with Gasteiger partial charge in [-0.3, -0.25) is 0 Å². The molecule has 1 fully saturated rings. The summed E-state index contributed by atoms with van der Waals surface area (Å²) in [6.45, 7) is 1.03. The molecule has 1 aliphatic heterocycles. The second-order valence-corrected chi connectivity index (χ2v) is 5.18. The van der Waals surface area contributed by atoms with Crippen molar-refractivity contribution in [2.24, 2.45) is 0 Å². The van der Waals surface area contributed by atoms with Gasteiger partial charge in [-0.25, -0.2) is 4.98 Å². The van der Waals surface area contributed by atoms with Crippen molar-refractivity contribution in [3.05, 3.63) is 16.0 Å². The van der Waals surface area contributed by atoms with E-state index in [4.69, 9.17) is 12.2 Å². The summed E-state index contributed by atoms with van der Waals surface area (Å²) in [4.78, 5) is 7.75. The minimum atomic E-state index is 0.634. The van der Waals surface area contributed by atoms with Crippen molar-refractivity contribution in [3.63, 3.8) is 0 Å². The molecule has 2 heterocycles. The van der Waals surface area contributed by atoms with E-state index in [1.54, 1.807) is 0 Å². The highest BCUT2D eigenvalue weighted by Crippen LogP contribution is 2.39. The lowest BCUT2D eigenvalue weighted by atomic mass is 9.80. The van der Waals surface area contributed by atoms with Gasteiger partial charge < -0.3 is 10.3 Å². The largest absolute Gasteiger partial charge is 0.370 e. The second kappa shape index (κ2) is 4.17. The Morgan fingerprint density at radius 2 is 2.06 bits per heavy atom. The van der Waals surface area contributed by atoms with Gasteiger partial charge in [0.15, 0.2) is 4.77 Å². The van der Waals surface area contributed by atoms with Gasteiger partial charge in [-0.1, -0.05) is 6.42 Å². The number of rotatable bonds is 1. The molecule has 0 bridgehead atoms. The van der Waals surface area contributed by atoms with Gasteiger partial charge in [0.1, 0.15) is 5.82 Å². The summed E-state index contributed by atoms with van der Waals surface area (Å²) in [5.41, 5.74) is 2.77. The average molecular weight is 235 g/mol. The number of anilines is 1. The highest BCUT2D eigenvalue weighted by atomic mass is 32.1. The zero-order chi connectivity index (χ0) is 11.0. The first-order valence-corrected chi connectivity index (χ1v) is 6.62. The fourth-order valence-corrected chi connectivity index (χ4v) is 2.79. The van der Waals surface area contributed by atoms with Gasteiger partial charge in [0.2, 0.25) is 0 Å². The Kier molecular flexibility index (Phi) is 2.67. The Balaban J connectivity index is 2.07. The van der Waals surface area contributed by atoms with Gasteiger partial charge in [0.05, 0.1) is 0 Å². The first-order valence-electron chi connectivity index (χ1n) is 6.21. The summed E-state index contributed by atoms with van der Waals surface area (Å²) in [5.74, 6) is 1.75. The van der Waals surface area contributed by atoms with E-state index in [9.17, 15) is 0 Å². The summed E-state index contributed by atoms with van der Waals surface area (Å²) >= 11 is 5.21. The number of aromatic nitrogens is 2. The van der Waals surface area contributed by atoms with E-state index in [1.165, 1.54) is 43.4 Å². The third-order valence-corrected chi connectivity index (χ3v) is 3.92. The van der Waals surface area contributed by atoms with Gasteiger partial charge in [-0.2, -0.15) is 0 Å². The quantitative estimate of drug-likeness (QED) is 0.735. The van der Waals surface area contributed by atoms with Gasteiger partial charge >= 0.3 is 0 Å². The fraction of sp³-hybridized carbons (Fsp3) is 0.667. The van der Waals surface area contributed by atoms with E-state index in [0.717, 1.165) is 18.8 Å². The topological polar surface area (TPSA) is 40.7 Å². The minimum absolute atomic E-state index is 0.634. The van der Waals surface area contributed by atoms with Crippen LogP contribution in [0.4, 0.5) is 5.82 Å². The highest BCUT2D eigenvalue weighted by molar-refractivity contribution is 7.71. The van der Waals surface area contributed by atoms with Crippen LogP contribution in [0, 0.1) is 4.77 Å². The molecule has 1 aromatic rings. The van der Waals surface area contributed by atoms with Gasteiger partial charge in [-0.15, -0.1) is 0 Å². The first-order chi connectivity index (χ1) is 7.84. The Hall–Kier alpha value is -0.900. The van der Waals surface area contributed by atoms with Gasteiger partial charge in [0, 0.05) is 17.8 Å². The van der Waals surface area contributed by atoms with Crippen molar-refractivity contribution < 1.29 is 0 Å². The lowest BCUT2D eigenvalue weighted by Crippen LogP contribution is -2.15. The van der Waals surface area contributed by atoms with Crippen molar-refractivity contribution in [1.82, 2.24) is 9.97 Å². The molecular weight excluding hydrogens is 218 g/mol. The minimum Gasteiger partial charge on any atom is -0.370 e. The van der Waals surface area contributed by atoms with Crippen molar-refractivity contribution in [3.8, 4) is 0 Å². The molecule has 0 atom stereocenters. The summed E-state index contributed by atoms with van der Waals surface area (Å²) < 4.78 is 0.634. The third-order valence-electron chi connectivity index (χ3n) is 3.73. The van der Waals surface area contributed by atoms with Crippen LogP contribution in [0.25, 0.3) is 0 Å². The number of nitrogens with zero attached hydrogens (tertiary/aromatic N) is 1. The van der Waals surface area contributed by atoms with Gasteiger partial charge in [0.25, 0.3) is 0 Å². The molecule has 0 aromatic carbocycles. The average Bonchev–Trinajstić information content (AvgIpc) is 2.39. The fourth-order valence-electron chi connectivity index (χ4n) is 2.59. The molecule has 0 amide bonds. The van der Waals surface area contributed by atoms with Crippen LogP contribution >= 0.6 is 12.2 Å². The lowest BCUT2D eigenvalue weighted by molar-refractivity contribution is 0.407. The predicted molar refractivity (Wildman–Crippen MR) is 67.4 cm³/mol.